The van der Waals surface area contributed by atoms with Crippen molar-refractivity contribution in [1.29, 1.82) is 5.26 Å². The van der Waals surface area contributed by atoms with Crippen LogP contribution in [0.1, 0.15) is 39.5 Å². The molecule has 1 unspecified atom stereocenters. The maximum atomic E-state index is 8.69. The van der Waals surface area contributed by atoms with Crippen molar-refractivity contribution in [3.05, 3.63) is 12.2 Å². The first-order chi connectivity index (χ1) is 6.15. The highest BCUT2D eigenvalue weighted by Gasteiger charge is 2.27. The maximum absolute atomic E-state index is 8.69. The maximum Gasteiger partial charge on any atom is 0.0624 e. The second kappa shape index (κ2) is 4.46. The molecule has 0 aliphatic heterocycles. The average Bonchev–Trinajstić information content (AvgIpc) is 2.08. The molecule has 1 heteroatoms. The summed E-state index contributed by atoms with van der Waals surface area (Å²) in [5.74, 6) is 2.02. The molecule has 0 N–H and O–H groups in total. The Morgan fingerprint density at radius 3 is 2.77 bits per heavy atom. The lowest BCUT2D eigenvalue weighted by Gasteiger charge is -2.33. The molecule has 1 saturated carbocycles. The molecule has 0 bridgehead atoms. The molecule has 1 rings (SSSR count). The minimum atomic E-state index is 0.612. The van der Waals surface area contributed by atoms with Gasteiger partial charge in [0, 0.05) is 6.42 Å². The van der Waals surface area contributed by atoms with Gasteiger partial charge in [-0.05, 0) is 43.9 Å². The topological polar surface area (TPSA) is 23.8 Å². The zero-order chi connectivity index (χ0) is 9.84. The summed E-state index contributed by atoms with van der Waals surface area (Å²) in [4.78, 5) is 0. The molecule has 0 aromatic rings. The Balaban J connectivity index is 2.53. The van der Waals surface area contributed by atoms with Gasteiger partial charge in [-0.25, -0.2) is 0 Å². The first-order valence-corrected chi connectivity index (χ1v) is 5.17. The number of hydrogen-bond acceptors (Lipinski definition) is 1. The minimum absolute atomic E-state index is 0.612. The van der Waals surface area contributed by atoms with Crippen LogP contribution in [0.2, 0.25) is 0 Å². The Morgan fingerprint density at radius 1 is 1.54 bits per heavy atom. The van der Waals surface area contributed by atoms with E-state index in [1.165, 1.54) is 24.8 Å². The highest BCUT2D eigenvalue weighted by atomic mass is 14.3. The van der Waals surface area contributed by atoms with Crippen molar-refractivity contribution in [3.8, 4) is 6.07 Å². The van der Waals surface area contributed by atoms with Crippen LogP contribution < -0.4 is 0 Å². The van der Waals surface area contributed by atoms with Gasteiger partial charge >= 0.3 is 0 Å². The van der Waals surface area contributed by atoms with Crippen molar-refractivity contribution in [2.75, 3.05) is 0 Å². The van der Waals surface area contributed by atoms with E-state index in [0.29, 0.717) is 11.8 Å². The standard InChI is InChI=1S/C12H19N/c1-9(2)11-5-4-10(3)12(8-11)6-7-13/h10-12H,1,4-6,8H2,2-3H3/t10-,11?,12-/m1/s1. The van der Waals surface area contributed by atoms with E-state index >= 15 is 0 Å². The van der Waals surface area contributed by atoms with Gasteiger partial charge in [-0.15, -0.1) is 0 Å². The van der Waals surface area contributed by atoms with E-state index in [1.54, 1.807) is 0 Å². The Morgan fingerprint density at radius 2 is 2.23 bits per heavy atom. The molecule has 0 heterocycles. The zero-order valence-electron chi connectivity index (χ0n) is 8.71. The van der Waals surface area contributed by atoms with Gasteiger partial charge < -0.3 is 0 Å². The minimum Gasteiger partial charge on any atom is -0.198 e. The third-order valence-corrected chi connectivity index (χ3v) is 3.41. The first-order valence-electron chi connectivity index (χ1n) is 5.17. The van der Waals surface area contributed by atoms with Gasteiger partial charge in [0.05, 0.1) is 6.07 Å². The van der Waals surface area contributed by atoms with Gasteiger partial charge in [0.1, 0.15) is 0 Å². The second-order valence-corrected chi connectivity index (χ2v) is 4.46. The summed E-state index contributed by atoms with van der Waals surface area (Å²) in [5, 5.41) is 8.69. The van der Waals surface area contributed by atoms with Crippen LogP contribution in [-0.2, 0) is 0 Å². The summed E-state index contributed by atoms with van der Waals surface area (Å²) in [6.45, 7) is 8.41. The Bertz CT molecular complexity index is 224. The molecule has 0 aromatic carbocycles. The molecule has 0 amide bonds. The largest absolute Gasteiger partial charge is 0.198 e. The highest BCUT2D eigenvalue weighted by molar-refractivity contribution is 5.00. The molecule has 3 atom stereocenters. The van der Waals surface area contributed by atoms with Gasteiger partial charge in [-0.3, -0.25) is 0 Å². The molecule has 1 aliphatic carbocycles. The van der Waals surface area contributed by atoms with E-state index < -0.39 is 0 Å². The molecule has 0 saturated heterocycles. The smallest absolute Gasteiger partial charge is 0.0624 e. The molecule has 13 heavy (non-hydrogen) atoms. The first kappa shape index (κ1) is 10.3. The summed E-state index contributed by atoms with van der Waals surface area (Å²) in [7, 11) is 0. The second-order valence-electron chi connectivity index (χ2n) is 4.46. The summed E-state index contributed by atoms with van der Waals surface area (Å²) >= 11 is 0. The summed E-state index contributed by atoms with van der Waals surface area (Å²) in [6.07, 6.45) is 4.46. The third-order valence-electron chi connectivity index (χ3n) is 3.41. The molecule has 0 spiro atoms. The van der Waals surface area contributed by atoms with Crippen LogP contribution in [-0.4, -0.2) is 0 Å². The van der Waals surface area contributed by atoms with Crippen molar-refractivity contribution < 1.29 is 0 Å². The number of nitrogens with zero attached hydrogens (tertiary/aromatic N) is 1. The molecule has 1 nitrogen and oxygen atoms in total. The molecular weight excluding hydrogens is 158 g/mol. The van der Waals surface area contributed by atoms with Crippen LogP contribution in [0.25, 0.3) is 0 Å². The van der Waals surface area contributed by atoms with E-state index in [0.717, 1.165) is 12.3 Å². The quantitative estimate of drug-likeness (QED) is 0.592. The molecular formula is C12H19N. The van der Waals surface area contributed by atoms with Gasteiger partial charge in [-0.2, -0.15) is 5.26 Å². The Kier molecular flexibility index (Phi) is 3.54. The van der Waals surface area contributed by atoms with Crippen molar-refractivity contribution in [1.82, 2.24) is 0 Å². The summed E-state index contributed by atoms with van der Waals surface area (Å²) in [6, 6.07) is 2.30. The summed E-state index contributed by atoms with van der Waals surface area (Å²) in [5.41, 5.74) is 1.30. The normalized spacial score (nSPS) is 33.8. The average molecular weight is 177 g/mol. The van der Waals surface area contributed by atoms with E-state index in [9.17, 15) is 0 Å². The van der Waals surface area contributed by atoms with Crippen LogP contribution in [0.5, 0.6) is 0 Å². The van der Waals surface area contributed by atoms with Gasteiger partial charge in [0.25, 0.3) is 0 Å². The fraction of sp³-hybridized carbons (Fsp3) is 0.750. The van der Waals surface area contributed by atoms with Crippen molar-refractivity contribution in [2.45, 2.75) is 39.5 Å². The van der Waals surface area contributed by atoms with E-state index in [1.807, 2.05) is 0 Å². The van der Waals surface area contributed by atoms with Gasteiger partial charge in [-0.1, -0.05) is 19.1 Å². The zero-order valence-corrected chi connectivity index (χ0v) is 8.71. The van der Waals surface area contributed by atoms with E-state index in [4.69, 9.17) is 5.26 Å². The van der Waals surface area contributed by atoms with Crippen LogP contribution in [0.3, 0.4) is 0 Å². The summed E-state index contributed by atoms with van der Waals surface area (Å²) < 4.78 is 0. The number of allylic oxidation sites excluding steroid dienone is 1. The number of rotatable bonds is 2. The van der Waals surface area contributed by atoms with Crippen molar-refractivity contribution in [2.24, 2.45) is 17.8 Å². The van der Waals surface area contributed by atoms with Crippen molar-refractivity contribution >= 4 is 0 Å². The Hall–Kier alpha value is -0.770. The monoisotopic (exact) mass is 177 g/mol. The molecule has 0 aromatic heterocycles. The SMILES string of the molecule is C=C(C)C1CC[C@@H](C)[C@H](CC#N)C1. The van der Waals surface area contributed by atoms with Gasteiger partial charge in [0.15, 0.2) is 0 Å². The van der Waals surface area contributed by atoms with Gasteiger partial charge in [0.2, 0.25) is 0 Å². The molecule has 72 valence electrons. The fourth-order valence-corrected chi connectivity index (χ4v) is 2.26. The molecule has 1 aliphatic rings. The molecule has 1 fully saturated rings. The van der Waals surface area contributed by atoms with Crippen molar-refractivity contribution in [3.63, 3.8) is 0 Å². The predicted octanol–water partition coefficient (Wildman–Crippen LogP) is 3.53. The van der Waals surface area contributed by atoms with Crippen LogP contribution in [0.15, 0.2) is 12.2 Å². The Labute approximate surface area is 81.5 Å². The fourth-order valence-electron chi connectivity index (χ4n) is 2.26. The van der Waals surface area contributed by atoms with E-state index in [2.05, 4.69) is 26.5 Å². The third kappa shape index (κ3) is 2.59. The lowest BCUT2D eigenvalue weighted by molar-refractivity contribution is 0.216. The predicted molar refractivity (Wildman–Crippen MR) is 55.0 cm³/mol. The lowest BCUT2D eigenvalue weighted by atomic mass is 9.72. The number of nitriles is 1. The van der Waals surface area contributed by atoms with E-state index in [-0.39, 0.29) is 0 Å². The van der Waals surface area contributed by atoms with Crippen LogP contribution in [0.4, 0.5) is 0 Å². The van der Waals surface area contributed by atoms with Crippen LogP contribution in [0, 0.1) is 29.1 Å². The molecule has 0 radical (unpaired) electrons. The van der Waals surface area contributed by atoms with Crippen LogP contribution >= 0.6 is 0 Å². The highest BCUT2D eigenvalue weighted by Crippen LogP contribution is 2.38. The number of hydrogen-bond donors (Lipinski definition) is 0. The lowest BCUT2D eigenvalue weighted by Crippen LogP contribution is -2.23.